The summed E-state index contributed by atoms with van der Waals surface area (Å²) < 4.78 is 10.9. The lowest BCUT2D eigenvalue weighted by atomic mass is 10.1. The average molecular weight is 340 g/mol. The zero-order chi connectivity index (χ0) is 16.8. The van der Waals surface area contributed by atoms with E-state index in [1.807, 2.05) is 41.3 Å². The smallest absolute Gasteiger partial charge is 0.174 e. The Hall–Kier alpha value is -2.53. The molecule has 124 valence electrons. The first-order valence-corrected chi connectivity index (χ1v) is 8.35. The Balaban J connectivity index is 1.71. The molecule has 2 heterocycles. The normalized spacial score (nSPS) is 10.5. The predicted octanol–water partition coefficient (Wildman–Crippen LogP) is 4.83. The second-order valence-electron chi connectivity index (χ2n) is 5.50. The fraction of sp³-hybridized carbons (Fsp3) is 0.211. The van der Waals surface area contributed by atoms with Crippen LogP contribution in [-0.2, 0) is 19.5 Å². The highest BCUT2D eigenvalue weighted by Crippen LogP contribution is 2.15. The molecule has 0 fully saturated rings. The molecule has 0 saturated heterocycles. The van der Waals surface area contributed by atoms with Gasteiger partial charge in [0, 0.05) is 5.69 Å². The van der Waals surface area contributed by atoms with Crippen molar-refractivity contribution in [2.24, 2.45) is 0 Å². The molecular weight excluding hydrogens is 320 g/mol. The lowest BCUT2D eigenvalue weighted by molar-refractivity contribution is 0.329. The van der Waals surface area contributed by atoms with Crippen molar-refractivity contribution in [3.63, 3.8) is 0 Å². The molecule has 0 bridgehead atoms. The van der Waals surface area contributed by atoms with Crippen molar-refractivity contribution < 1.29 is 8.83 Å². The molecule has 3 aromatic rings. The van der Waals surface area contributed by atoms with E-state index in [1.54, 1.807) is 12.5 Å². The van der Waals surface area contributed by atoms with Crippen LogP contribution in [0.4, 0.5) is 5.69 Å². The van der Waals surface area contributed by atoms with E-state index in [2.05, 4.69) is 24.4 Å². The van der Waals surface area contributed by atoms with Crippen LogP contribution in [0.3, 0.4) is 0 Å². The van der Waals surface area contributed by atoms with Crippen molar-refractivity contribution in [1.29, 1.82) is 0 Å². The van der Waals surface area contributed by atoms with Gasteiger partial charge in [-0.05, 0) is 60.6 Å². The van der Waals surface area contributed by atoms with Crippen LogP contribution < -0.4 is 5.32 Å². The van der Waals surface area contributed by atoms with Crippen molar-refractivity contribution in [3.05, 3.63) is 78.1 Å². The Bertz CT molecular complexity index is 713. The van der Waals surface area contributed by atoms with Crippen LogP contribution in [0.1, 0.15) is 24.0 Å². The topological polar surface area (TPSA) is 41.5 Å². The van der Waals surface area contributed by atoms with Crippen LogP contribution >= 0.6 is 12.2 Å². The SMILES string of the molecule is CCc1ccc(NC(=S)N(Cc2ccco2)Cc2ccco2)cc1. The first-order valence-electron chi connectivity index (χ1n) is 7.94. The number of rotatable bonds is 6. The van der Waals surface area contributed by atoms with Gasteiger partial charge in [-0.2, -0.15) is 0 Å². The summed E-state index contributed by atoms with van der Waals surface area (Å²) in [5.74, 6) is 1.71. The van der Waals surface area contributed by atoms with Gasteiger partial charge in [0.1, 0.15) is 11.5 Å². The Morgan fingerprint density at radius 2 is 1.54 bits per heavy atom. The number of hydrogen-bond acceptors (Lipinski definition) is 3. The van der Waals surface area contributed by atoms with Crippen LogP contribution in [0, 0.1) is 0 Å². The molecule has 24 heavy (non-hydrogen) atoms. The van der Waals surface area contributed by atoms with Gasteiger partial charge in [0.2, 0.25) is 0 Å². The van der Waals surface area contributed by atoms with Gasteiger partial charge in [0.15, 0.2) is 5.11 Å². The lowest BCUT2D eigenvalue weighted by Gasteiger charge is -2.24. The Morgan fingerprint density at radius 3 is 2.00 bits per heavy atom. The Morgan fingerprint density at radius 1 is 0.958 bits per heavy atom. The molecule has 4 nitrogen and oxygen atoms in total. The van der Waals surface area contributed by atoms with Crippen molar-refractivity contribution in [2.45, 2.75) is 26.4 Å². The molecule has 1 N–H and O–H groups in total. The molecule has 0 spiro atoms. The van der Waals surface area contributed by atoms with Crippen molar-refractivity contribution in [1.82, 2.24) is 4.90 Å². The van der Waals surface area contributed by atoms with E-state index < -0.39 is 0 Å². The van der Waals surface area contributed by atoms with Crippen LogP contribution in [0.15, 0.2) is 69.9 Å². The highest BCUT2D eigenvalue weighted by atomic mass is 32.1. The number of anilines is 1. The predicted molar refractivity (Wildman–Crippen MR) is 98.7 cm³/mol. The first kappa shape index (κ1) is 16.3. The molecule has 5 heteroatoms. The molecule has 0 radical (unpaired) electrons. The molecule has 2 aromatic heterocycles. The number of thiocarbonyl (C=S) groups is 1. The molecule has 1 aromatic carbocycles. The fourth-order valence-corrected chi connectivity index (χ4v) is 2.65. The van der Waals surface area contributed by atoms with Gasteiger partial charge in [-0.25, -0.2) is 0 Å². The van der Waals surface area contributed by atoms with Crippen molar-refractivity contribution >= 4 is 23.0 Å². The summed E-state index contributed by atoms with van der Waals surface area (Å²) in [5, 5.41) is 3.92. The van der Waals surface area contributed by atoms with Gasteiger partial charge in [0.25, 0.3) is 0 Å². The summed E-state index contributed by atoms with van der Waals surface area (Å²) in [4.78, 5) is 2.01. The summed E-state index contributed by atoms with van der Waals surface area (Å²) in [6, 6.07) is 15.9. The van der Waals surface area contributed by atoms with E-state index in [-0.39, 0.29) is 0 Å². The number of nitrogens with one attached hydrogen (secondary N) is 1. The molecule has 0 saturated carbocycles. The molecule has 0 amide bonds. The lowest BCUT2D eigenvalue weighted by Crippen LogP contribution is -2.33. The van der Waals surface area contributed by atoms with E-state index in [0.717, 1.165) is 23.6 Å². The molecule has 0 aliphatic carbocycles. The van der Waals surface area contributed by atoms with Gasteiger partial charge in [-0.3, -0.25) is 0 Å². The second-order valence-corrected chi connectivity index (χ2v) is 5.88. The zero-order valence-corrected chi connectivity index (χ0v) is 14.4. The maximum absolute atomic E-state index is 5.60. The third-order valence-corrected chi connectivity index (χ3v) is 4.11. The highest BCUT2D eigenvalue weighted by Gasteiger charge is 2.14. The van der Waals surface area contributed by atoms with E-state index in [1.165, 1.54) is 5.56 Å². The third kappa shape index (κ3) is 4.26. The molecule has 3 rings (SSSR count). The van der Waals surface area contributed by atoms with Crippen LogP contribution in [0.2, 0.25) is 0 Å². The summed E-state index contributed by atoms with van der Waals surface area (Å²) >= 11 is 5.60. The minimum atomic E-state index is 0.576. The highest BCUT2D eigenvalue weighted by molar-refractivity contribution is 7.80. The average Bonchev–Trinajstić information content (AvgIpc) is 3.29. The standard InChI is InChI=1S/C19H20N2O2S/c1-2-15-7-9-16(10-8-15)20-19(24)21(13-17-5-3-11-22-17)14-18-6-4-12-23-18/h3-12H,2,13-14H2,1H3,(H,20,24). The van der Waals surface area contributed by atoms with Crippen LogP contribution in [-0.4, -0.2) is 10.0 Å². The van der Waals surface area contributed by atoms with E-state index in [0.29, 0.717) is 18.2 Å². The van der Waals surface area contributed by atoms with Crippen LogP contribution in [0.25, 0.3) is 0 Å². The quantitative estimate of drug-likeness (QED) is 0.651. The van der Waals surface area contributed by atoms with E-state index in [4.69, 9.17) is 21.1 Å². The second kappa shape index (κ2) is 7.84. The molecule has 0 unspecified atom stereocenters. The van der Waals surface area contributed by atoms with Gasteiger partial charge >= 0.3 is 0 Å². The molecule has 0 aliphatic heterocycles. The number of nitrogens with zero attached hydrogens (tertiary/aromatic N) is 1. The van der Waals surface area contributed by atoms with Crippen LogP contribution in [0.5, 0.6) is 0 Å². The number of hydrogen-bond donors (Lipinski definition) is 1. The maximum Gasteiger partial charge on any atom is 0.174 e. The first-order chi connectivity index (χ1) is 11.7. The summed E-state index contributed by atoms with van der Waals surface area (Å²) in [6.45, 7) is 3.29. The Labute approximate surface area is 147 Å². The third-order valence-electron chi connectivity index (χ3n) is 3.75. The largest absolute Gasteiger partial charge is 0.467 e. The van der Waals surface area contributed by atoms with Gasteiger partial charge < -0.3 is 19.1 Å². The molecule has 0 atom stereocenters. The minimum absolute atomic E-state index is 0.576. The van der Waals surface area contributed by atoms with E-state index in [9.17, 15) is 0 Å². The van der Waals surface area contributed by atoms with Gasteiger partial charge in [-0.1, -0.05) is 19.1 Å². The Kier molecular flexibility index (Phi) is 5.33. The van der Waals surface area contributed by atoms with E-state index >= 15 is 0 Å². The molecule has 0 aliphatic rings. The van der Waals surface area contributed by atoms with Crippen molar-refractivity contribution in [3.8, 4) is 0 Å². The van der Waals surface area contributed by atoms with Gasteiger partial charge in [0.05, 0.1) is 25.6 Å². The number of benzene rings is 1. The minimum Gasteiger partial charge on any atom is -0.467 e. The zero-order valence-electron chi connectivity index (χ0n) is 13.6. The number of furan rings is 2. The number of aryl methyl sites for hydroxylation is 1. The monoisotopic (exact) mass is 340 g/mol. The summed E-state index contributed by atoms with van der Waals surface area (Å²) in [6.07, 6.45) is 4.36. The fourth-order valence-electron chi connectivity index (χ4n) is 2.41. The summed E-state index contributed by atoms with van der Waals surface area (Å²) in [7, 11) is 0. The van der Waals surface area contributed by atoms with Gasteiger partial charge in [-0.15, -0.1) is 0 Å². The molecular formula is C19H20N2O2S. The maximum atomic E-state index is 5.60. The van der Waals surface area contributed by atoms with Crippen molar-refractivity contribution in [2.75, 3.05) is 5.32 Å². The summed E-state index contributed by atoms with van der Waals surface area (Å²) in [5.41, 5.74) is 2.27.